The maximum Gasteiger partial charge on any atom is 0.410 e. The number of hydrogen-bond donors (Lipinski definition) is 1. The number of aromatic nitrogens is 2. The van der Waals surface area contributed by atoms with Gasteiger partial charge < -0.3 is 15.0 Å². The van der Waals surface area contributed by atoms with Gasteiger partial charge in [0, 0.05) is 31.1 Å². The minimum absolute atomic E-state index is 0.139. The van der Waals surface area contributed by atoms with Crippen molar-refractivity contribution in [2.75, 3.05) is 13.2 Å². The fourth-order valence-electron chi connectivity index (χ4n) is 3.14. The molecule has 1 aliphatic heterocycles. The van der Waals surface area contributed by atoms with Gasteiger partial charge in [-0.15, -0.1) is 0 Å². The Morgan fingerprint density at radius 2 is 2.11 bits per heavy atom. The molecule has 2 amide bonds. The second-order valence-corrected chi connectivity index (χ2v) is 6.75. The molecule has 28 heavy (non-hydrogen) atoms. The predicted octanol–water partition coefficient (Wildman–Crippen LogP) is 1.38. The first-order chi connectivity index (χ1) is 13.5. The summed E-state index contributed by atoms with van der Waals surface area (Å²) in [5.74, 6) is -0.278. The zero-order valence-electron chi connectivity index (χ0n) is 16.1. The number of carbonyl (C=O) groups is 2. The standard InChI is InChI=1S/C20H24N4O4/c1-3-28-20(27)23-8-7-17-16(12-23)10-19(26)24(22-17)13-18(25)21-11-15-6-4-5-14(2)9-15/h4-6,9-10H,3,7-8,11-13H2,1-2H3,(H,21,25). The van der Waals surface area contributed by atoms with Crippen LogP contribution < -0.4 is 10.9 Å². The molecule has 0 aliphatic carbocycles. The minimum Gasteiger partial charge on any atom is -0.450 e. The van der Waals surface area contributed by atoms with E-state index in [9.17, 15) is 14.4 Å². The molecule has 1 aromatic carbocycles. The number of nitrogens with zero attached hydrogens (tertiary/aromatic N) is 3. The highest BCUT2D eigenvalue weighted by atomic mass is 16.6. The van der Waals surface area contributed by atoms with Crippen LogP contribution in [-0.4, -0.2) is 39.8 Å². The highest BCUT2D eigenvalue weighted by molar-refractivity contribution is 5.75. The Kier molecular flexibility index (Phi) is 6.08. The summed E-state index contributed by atoms with van der Waals surface area (Å²) < 4.78 is 6.18. The summed E-state index contributed by atoms with van der Waals surface area (Å²) in [4.78, 5) is 38.0. The van der Waals surface area contributed by atoms with E-state index in [0.717, 1.165) is 16.8 Å². The molecule has 2 aromatic rings. The first-order valence-corrected chi connectivity index (χ1v) is 9.30. The summed E-state index contributed by atoms with van der Waals surface area (Å²) >= 11 is 0. The molecule has 0 spiro atoms. The lowest BCUT2D eigenvalue weighted by atomic mass is 10.1. The van der Waals surface area contributed by atoms with Crippen molar-refractivity contribution in [3.05, 3.63) is 63.1 Å². The third kappa shape index (κ3) is 4.76. The Balaban J connectivity index is 1.63. The molecule has 0 atom stereocenters. The molecule has 1 aromatic heterocycles. The van der Waals surface area contributed by atoms with E-state index in [4.69, 9.17) is 4.74 Å². The van der Waals surface area contributed by atoms with Gasteiger partial charge in [0.25, 0.3) is 5.56 Å². The van der Waals surface area contributed by atoms with Crippen molar-refractivity contribution in [3.63, 3.8) is 0 Å². The molecule has 0 saturated heterocycles. The number of aryl methyl sites for hydroxylation is 1. The van der Waals surface area contributed by atoms with E-state index < -0.39 is 6.09 Å². The average molecular weight is 384 g/mol. The number of ether oxygens (including phenoxy) is 1. The molecule has 0 radical (unpaired) electrons. The fraction of sp³-hybridized carbons (Fsp3) is 0.400. The fourth-order valence-corrected chi connectivity index (χ4v) is 3.14. The van der Waals surface area contributed by atoms with Crippen molar-refractivity contribution < 1.29 is 14.3 Å². The number of benzene rings is 1. The highest BCUT2D eigenvalue weighted by Crippen LogP contribution is 2.15. The molecule has 2 heterocycles. The van der Waals surface area contributed by atoms with E-state index in [1.54, 1.807) is 11.8 Å². The highest BCUT2D eigenvalue weighted by Gasteiger charge is 2.24. The summed E-state index contributed by atoms with van der Waals surface area (Å²) in [6.45, 7) is 5.06. The van der Waals surface area contributed by atoms with Crippen LogP contribution in [0.15, 0.2) is 35.1 Å². The third-order valence-electron chi connectivity index (χ3n) is 4.54. The molecule has 148 valence electrons. The molecule has 0 fully saturated rings. The number of amides is 2. The van der Waals surface area contributed by atoms with Crippen molar-refractivity contribution in [1.29, 1.82) is 0 Å². The van der Waals surface area contributed by atoms with Gasteiger partial charge >= 0.3 is 6.09 Å². The molecular formula is C20H24N4O4. The third-order valence-corrected chi connectivity index (χ3v) is 4.54. The van der Waals surface area contributed by atoms with Gasteiger partial charge in [-0.1, -0.05) is 29.8 Å². The van der Waals surface area contributed by atoms with Gasteiger partial charge in [0.2, 0.25) is 5.91 Å². The van der Waals surface area contributed by atoms with E-state index in [1.807, 2.05) is 31.2 Å². The predicted molar refractivity (Wildman–Crippen MR) is 103 cm³/mol. The van der Waals surface area contributed by atoms with Gasteiger partial charge in [-0.05, 0) is 19.4 Å². The number of fused-ring (bicyclic) bond motifs is 1. The summed E-state index contributed by atoms with van der Waals surface area (Å²) in [6, 6.07) is 9.31. The van der Waals surface area contributed by atoms with Gasteiger partial charge in [-0.2, -0.15) is 5.10 Å². The first-order valence-electron chi connectivity index (χ1n) is 9.30. The molecule has 0 unspecified atom stereocenters. The monoisotopic (exact) mass is 384 g/mol. The topological polar surface area (TPSA) is 93.5 Å². The molecule has 8 nitrogen and oxygen atoms in total. The maximum atomic E-state index is 12.3. The number of hydrogen-bond acceptors (Lipinski definition) is 5. The quantitative estimate of drug-likeness (QED) is 0.841. The zero-order valence-corrected chi connectivity index (χ0v) is 16.1. The van der Waals surface area contributed by atoms with E-state index >= 15 is 0 Å². The van der Waals surface area contributed by atoms with Crippen molar-refractivity contribution in [2.45, 2.75) is 39.9 Å². The van der Waals surface area contributed by atoms with Gasteiger partial charge in [0.1, 0.15) is 6.54 Å². The lowest BCUT2D eigenvalue weighted by Crippen LogP contribution is -2.40. The summed E-state index contributed by atoms with van der Waals surface area (Å²) in [7, 11) is 0. The normalized spacial score (nSPS) is 13.0. The van der Waals surface area contributed by atoms with Crippen molar-refractivity contribution >= 4 is 12.0 Å². The van der Waals surface area contributed by atoms with Crippen molar-refractivity contribution in [1.82, 2.24) is 20.0 Å². The van der Waals surface area contributed by atoms with Crippen LogP contribution in [0.4, 0.5) is 4.79 Å². The molecule has 1 aliphatic rings. The van der Waals surface area contributed by atoms with Crippen LogP contribution in [0, 0.1) is 6.92 Å². The van der Waals surface area contributed by atoms with Gasteiger partial charge in [-0.25, -0.2) is 9.48 Å². The largest absolute Gasteiger partial charge is 0.450 e. The average Bonchev–Trinajstić information content (AvgIpc) is 2.67. The summed E-state index contributed by atoms with van der Waals surface area (Å²) in [6.07, 6.45) is 0.118. The molecule has 8 heteroatoms. The SMILES string of the molecule is CCOC(=O)N1CCc2nn(CC(=O)NCc3cccc(C)c3)c(=O)cc2C1. The van der Waals surface area contributed by atoms with Crippen molar-refractivity contribution in [3.8, 4) is 0 Å². The Bertz CT molecular complexity index is 938. The van der Waals surface area contributed by atoms with E-state index in [2.05, 4.69) is 10.4 Å². The molecule has 0 bridgehead atoms. The zero-order chi connectivity index (χ0) is 20.1. The Morgan fingerprint density at radius 3 is 2.86 bits per heavy atom. The lowest BCUT2D eigenvalue weighted by molar-refractivity contribution is -0.122. The molecular weight excluding hydrogens is 360 g/mol. The van der Waals surface area contributed by atoms with Gasteiger partial charge in [0.15, 0.2) is 0 Å². The maximum absolute atomic E-state index is 12.3. The second kappa shape index (κ2) is 8.69. The lowest BCUT2D eigenvalue weighted by Gasteiger charge is -2.27. The Labute approximate surface area is 163 Å². The minimum atomic E-state index is -0.396. The number of nitrogens with one attached hydrogen (secondary N) is 1. The van der Waals surface area contributed by atoms with Crippen LogP contribution in [0.25, 0.3) is 0 Å². The van der Waals surface area contributed by atoms with Crippen LogP contribution in [0.1, 0.15) is 29.3 Å². The van der Waals surface area contributed by atoms with Crippen LogP contribution in [0.5, 0.6) is 0 Å². The van der Waals surface area contributed by atoms with Crippen LogP contribution in [0.2, 0.25) is 0 Å². The first kappa shape index (κ1) is 19.6. The van der Waals surface area contributed by atoms with E-state index in [-0.39, 0.29) is 24.6 Å². The van der Waals surface area contributed by atoms with Gasteiger partial charge in [0.05, 0.1) is 18.8 Å². The van der Waals surface area contributed by atoms with Crippen LogP contribution >= 0.6 is 0 Å². The van der Waals surface area contributed by atoms with Crippen LogP contribution in [-0.2, 0) is 35.6 Å². The summed E-state index contributed by atoms with van der Waals surface area (Å²) in [5, 5.41) is 7.14. The van der Waals surface area contributed by atoms with E-state index in [1.165, 1.54) is 10.7 Å². The number of rotatable bonds is 5. The molecule has 0 saturated carbocycles. The second-order valence-electron chi connectivity index (χ2n) is 6.75. The smallest absolute Gasteiger partial charge is 0.410 e. The summed E-state index contributed by atoms with van der Waals surface area (Å²) in [5.41, 5.74) is 3.18. The molecule has 3 rings (SSSR count). The Hall–Kier alpha value is -3.16. The molecule has 1 N–H and O–H groups in total. The van der Waals surface area contributed by atoms with Crippen LogP contribution in [0.3, 0.4) is 0 Å². The van der Waals surface area contributed by atoms with E-state index in [0.29, 0.717) is 31.7 Å². The van der Waals surface area contributed by atoms with Gasteiger partial charge in [-0.3, -0.25) is 9.59 Å². The number of carbonyl (C=O) groups excluding carboxylic acids is 2. The van der Waals surface area contributed by atoms with Crippen molar-refractivity contribution in [2.24, 2.45) is 0 Å². The Morgan fingerprint density at radius 1 is 1.29 bits per heavy atom.